The van der Waals surface area contributed by atoms with Crippen molar-refractivity contribution in [3.63, 3.8) is 0 Å². The van der Waals surface area contributed by atoms with E-state index in [1.165, 1.54) is 23.8 Å². The molecular weight excluding hydrogens is 398 g/mol. The lowest BCUT2D eigenvalue weighted by atomic mass is 10.1. The van der Waals surface area contributed by atoms with Gasteiger partial charge < -0.3 is 20.1 Å². The lowest BCUT2D eigenvalue weighted by Crippen LogP contribution is -2.26. The molecule has 0 unspecified atom stereocenters. The third-order valence-electron chi connectivity index (χ3n) is 4.63. The molecule has 2 rings (SSSR count). The highest BCUT2D eigenvalue weighted by Crippen LogP contribution is 2.27. The van der Waals surface area contributed by atoms with Crippen molar-refractivity contribution >= 4 is 17.7 Å². The Morgan fingerprint density at radius 2 is 1.71 bits per heavy atom. The number of non-ortho nitro benzene ring substituents is 1. The number of nitrogens with zero attached hydrogens (tertiary/aromatic N) is 1. The number of ether oxygens (including phenoxy) is 2. The van der Waals surface area contributed by atoms with Gasteiger partial charge in [0.15, 0.2) is 11.5 Å². The molecule has 0 aliphatic carbocycles. The highest BCUT2D eigenvalue weighted by Gasteiger charge is 2.05. The van der Waals surface area contributed by atoms with Crippen molar-refractivity contribution in [2.24, 2.45) is 0 Å². The molecule has 31 heavy (non-hydrogen) atoms. The Bertz CT molecular complexity index is 881. The number of carbonyl (C=O) groups excluding carboxylic acids is 1. The number of aryl methyl sites for hydroxylation is 1. The van der Waals surface area contributed by atoms with Gasteiger partial charge in [-0.3, -0.25) is 14.9 Å². The number of rotatable bonds is 13. The van der Waals surface area contributed by atoms with Gasteiger partial charge in [0, 0.05) is 24.8 Å². The summed E-state index contributed by atoms with van der Waals surface area (Å²) in [6, 6.07) is 12.0. The first kappa shape index (κ1) is 23.9. The quantitative estimate of drug-likeness (QED) is 0.220. The van der Waals surface area contributed by atoms with E-state index in [2.05, 4.69) is 10.6 Å². The molecule has 2 aromatic carbocycles. The van der Waals surface area contributed by atoms with Crippen LogP contribution in [0.25, 0.3) is 6.08 Å². The van der Waals surface area contributed by atoms with Gasteiger partial charge in [-0.1, -0.05) is 6.07 Å². The number of nitro groups is 1. The lowest BCUT2D eigenvalue weighted by molar-refractivity contribution is -0.384. The van der Waals surface area contributed by atoms with Crippen LogP contribution in [0.5, 0.6) is 11.5 Å². The van der Waals surface area contributed by atoms with Crippen LogP contribution < -0.4 is 20.1 Å². The number of hydrogen-bond donors (Lipinski definition) is 2. The molecule has 8 heteroatoms. The third kappa shape index (κ3) is 8.47. The molecule has 1 amide bonds. The average molecular weight is 428 g/mol. The maximum atomic E-state index is 11.8. The summed E-state index contributed by atoms with van der Waals surface area (Å²) < 4.78 is 10.6. The minimum atomic E-state index is -0.454. The van der Waals surface area contributed by atoms with E-state index in [1.54, 1.807) is 32.4 Å². The molecule has 0 radical (unpaired) electrons. The van der Waals surface area contributed by atoms with Crippen LogP contribution in [0.15, 0.2) is 48.5 Å². The Labute approximate surface area is 182 Å². The fourth-order valence-corrected chi connectivity index (χ4v) is 2.94. The highest BCUT2D eigenvalue weighted by molar-refractivity contribution is 5.91. The Morgan fingerprint density at radius 1 is 1.00 bits per heavy atom. The summed E-state index contributed by atoms with van der Waals surface area (Å²) >= 11 is 0. The SMILES string of the molecule is COc1ccc(CCCNCCCNC(=O)/C=C/c2ccc([N+](=O)[O-])cc2)cc1OC. The molecule has 0 heterocycles. The van der Waals surface area contributed by atoms with Crippen LogP contribution in [0.2, 0.25) is 0 Å². The van der Waals surface area contributed by atoms with Crippen LogP contribution >= 0.6 is 0 Å². The van der Waals surface area contributed by atoms with Gasteiger partial charge in [0.1, 0.15) is 0 Å². The van der Waals surface area contributed by atoms with Crippen molar-refractivity contribution in [1.82, 2.24) is 10.6 Å². The van der Waals surface area contributed by atoms with Gasteiger partial charge in [-0.05, 0) is 73.8 Å². The zero-order valence-electron chi connectivity index (χ0n) is 17.9. The van der Waals surface area contributed by atoms with Crippen LogP contribution in [-0.2, 0) is 11.2 Å². The summed E-state index contributed by atoms with van der Waals surface area (Å²) in [7, 11) is 3.26. The molecule has 0 saturated heterocycles. The molecule has 0 saturated carbocycles. The Hall–Kier alpha value is -3.39. The second kappa shape index (κ2) is 13.0. The van der Waals surface area contributed by atoms with E-state index in [0.717, 1.165) is 49.4 Å². The van der Waals surface area contributed by atoms with E-state index in [4.69, 9.17) is 9.47 Å². The van der Waals surface area contributed by atoms with E-state index in [-0.39, 0.29) is 11.6 Å². The molecule has 0 atom stereocenters. The highest BCUT2D eigenvalue weighted by atomic mass is 16.6. The van der Waals surface area contributed by atoms with Crippen molar-refractivity contribution in [1.29, 1.82) is 0 Å². The summed E-state index contributed by atoms with van der Waals surface area (Å²) in [6.45, 7) is 2.28. The number of methoxy groups -OCH3 is 2. The van der Waals surface area contributed by atoms with E-state index in [0.29, 0.717) is 6.54 Å². The van der Waals surface area contributed by atoms with Crippen LogP contribution in [0.1, 0.15) is 24.0 Å². The predicted octanol–water partition coefficient (Wildman–Crippen LogP) is 3.35. The summed E-state index contributed by atoms with van der Waals surface area (Å²) in [6.07, 6.45) is 5.83. The molecular formula is C23H29N3O5. The zero-order valence-corrected chi connectivity index (χ0v) is 17.9. The third-order valence-corrected chi connectivity index (χ3v) is 4.63. The fourth-order valence-electron chi connectivity index (χ4n) is 2.94. The van der Waals surface area contributed by atoms with E-state index < -0.39 is 4.92 Å². The van der Waals surface area contributed by atoms with Gasteiger partial charge in [0.05, 0.1) is 19.1 Å². The Balaban J connectivity index is 1.56. The molecule has 0 bridgehead atoms. The number of carbonyl (C=O) groups is 1. The monoisotopic (exact) mass is 427 g/mol. The van der Waals surface area contributed by atoms with Gasteiger partial charge in [-0.25, -0.2) is 0 Å². The van der Waals surface area contributed by atoms with Crippen LogP contribution in [0, 0.1) is 10.1 Å². The van der Waals surface area contributed by atoms with Crippen LogP contribution in [0.4, 0.5) is 5.69 Å². The molecule has 8 nitrogen and oxygen atoms in total. The molecule has 2 N–H and O–H groups in total. The van der Waals surface area contributed by atoms with Crippen molar-refractivity contribution < 1.29 is 19.2 Å². The molecule has 0 spiro atoms. The predicted molar refractivity (Wildman–Crippen MR) is 120 cm³/mol. The summed E-state index contributed by atoms with van der Waals surface area (Å²) in [5.74, 6) is 1.28. The number of amides is 1. The van der Waals surface area contributed by atoms with Crippen molar-refractivity contribution in [3.05, 3.63) is 69.8 Å². The molecule has 0 aliphatic rings. The zero-order chi connectivity index (χ0) is 22.5. The maximum absolute atomic E-state index is 11.8. The second-order valence-corrected chi connectivity index (χ2v) is 6.87. The number of hydrogen-bond acceptors (Lipinski definition) is 6. The summed E-state index contributed by atoms with van der Waals surface area (Å²) in [5.41, 5.74) is 1.96. The topological polar surface area (TPSA) is 103 Å². The average Bonchev–Trinajstić information content (AvgIpc) is 2.79. The fraction of sp³-hybridized carbons (Fsp3) is 0.348. The summed E-state index contributed by atoms with van der Waals surface area (Å²) in [4.78, 5) is 22.0. The minimum absolute atomic E-state index is 0.0258. The number of nitrogens with one attached hydrogen (secondary N) is 2. The van der Waals surface area contributed by atoms with Crippen LogP contribution in [-0.4, -0.2) is 44.7 Å². The van der Waals surface area contributed by atoms with Gasteiger partial charge in [-0.2, -0.15) is 0 Å². The van der Waals surface area contributed by atoms with Crippen molar-refractivity contribution in [2.75, 3.05) is 33.9 Å². The summed E-state index contributed by atoms with van der Waals surface area (Å²) in [5, 5.41) is 16.8. The standard InChI is InChI=1S/C23H29N3O5/c1-30-21-12-8-19(17-22(21)31-2)5-3-14-24-15-4-16-25-23(27)13-9-18-6-10-20(11-7-18)26(28)29/h6-13,17,24H,3-5,14-16H2,1-2H3,(H,25,27)/b13-9+. The molecule has 2 aromatic rings. The van der Waals surface area contributed by atoms with Gasteiger partial charge in [0.25, 0.3) is 5.69 Å². The second-order valence-electron chi connectivity index (χ2n) is 6.87. The normalized spacial score (nSPS) is 10.8. The first-order chi connectivity index (χ1) is 15.0. The first-order valence-corrected chi connectivity index (χ1v) is 10.2. The largest absolute Gasteiger partial charge is 0.493 e. The minimum Gasteiger partial charge on any atom is -0.493 e. The Morgan fingerprint density at radius 3 is 2.39 bits per heavy atom. The smallest absolute Gasteiger partial charge is 0.269 e. The van der Waals surface area contributed by atoms with Crippen LogP contribution in [0.3, 0.4) is 0 Å². The van der Waals surface area contributed by atoms with Gasteiger partial charge in [0.2, 0.25) is 5.91 Å². The van der Waals surface area contributed by atoms with E-state index in [1.807, 2.05) is 18.2 Å². The Kier molecular flexibility index (Phi) is 10.0. The number of benzene rings is 2. The molecule has 0 fully saturated rings. The van der Waals surface area contributed by atoms with Gasteiger partial charge >= 0.3 is 0 Å². The van der Waals surface area contributed by atoms with E-state index in [9.17, 15) is 14.9 Å². The molecule has 166 valence electrons. The lowest BCUT2D eigenvalue weighted by Gasteiger charge is -2.10. The number of nitro benzene ring substituents is 1. The van der Waals surface area contributed by atoms with Crippen molar-refractivity contribution in [2.45, 2.75) is 19.3 Å². The van der Waals surface area contributed by atoms with Gasteiger partial charge in [-0.15, -0.1) is 0 Å². The molecule has 0 aliphatic heterocycles. The maximum Gasteiger partial charge on any atom is 0.269 e. The van der Waals surface area contributed by atoms with Crippen molar-refractivity contribution in [3.8, 4) is 11.5 Å². The molecule has 0 aromatic heterocycles. The first-order valence-electron chi connectivity index (χ1n) is 10.2. The van der Waals surface area contributed by atoms with E-state index >= 15 is 0 Å².